The van der Waals surface area contributed by atoms with Crippen molar-refractivity contribution in [3.05, 3.63) is 54.4 Å². The highest BCUT2D eigenvalue weighted by molar-refractivity contribution is 5.39. The Hall–Kier alpha value is -1.94. The SMILES string of the molecule is CCCCCCN1c2nccc[n+]2C(C)C1(O)c1ccccc1. The molecule has 0 radical (unpaired) electrons. The van der Waals surface area contributed by atoms with Gasteiger partial charge < -0.3 is 5.11 Å². The lowest BCUT2D eigenvalue weighted by molar-refractivity contribution is -0.709. The summed E-state index contributed by atoms with van der Waals surface area (Å²) in [4.78, 5) is 6.61. The van der Waals surface area contributed by atoms with Crippen molar-refractivity contribution in [2.45, 2.75) is 51.3 Å². The molecule has 2 unspecified atom stereocenters. The molecular formula is C19H26N3O+. The van der Waals surface area contributed by atoms with E-state index in [-0.39, 0.29) is 6.04 Å². The number of hydrogen-bond acceptors (Lipinski definition) is 3. The maximum absolute atomic E-state index is 11.6. The predicted molar refractivity (Wildman–Crippen MR) is 91.0 cm³/mol. The molecule has 0 bridgehead atoms. The normalized spacial score (nSPS) is 23.1. The van der Waals surface area contributed by atoms with Crippen LogP contribution in [0.4, 0.5) is 5.95 Å². The average molecular weight is 312 g/mol. The summed E-state index contributed by atoms with van der Waals surface area (Å²) in [5.74, 6) is 0.850. The summed E-state index contributed by atoms with van der Waals surface area (Å²) in [5, 5.41) is 11.6. The van der Waals surface area contributed by atoms with Crippen molar-refractivity contribution >= 4 is 5.95 Å². The molecule has 0 fully saturated rings. The molecule has 1 aromatic carbocycles. The van der Waals surface area contributed by atoms with Crippen molar-refractivity contribution in [2.75, 3.05) is 11.4 Å². The Labute approximate surface area is 138 Å². The van der Waals surface area contributed by atoms with Gasteiger partial charge in [-0.05, 0) is 13.3 Å². The molecule has 2 atom stereocenters. The minimum atomic E-state index is -1.05. The molecule has 4 heteroatoms. The van der Waals surface area contributed by atoms with Crippen LogP contribution in [0, 0.1) is 0 Å². The van der Waals surface area contributed by atoms with Crippen LogP contribution in [-0.4, -0.2) is 16.6 Å². The molecule has 0 spiro atoms. The molecule has 0 saturated heterocycles. The van der Waals surface area contributed by atoms with Gasteiger partial charge in [0.1, 0.15) is 12.2 Å². The van der Waals surface area contributed by atoms with Gasteiger partial charge >= 0.3 is 5.95 Å². The second-order valence-corrected chi connectivity index (χ2v) is 6.31. The molecule has 122 valence electrons. The average Bonchev–Trinajstić information content (AvgIpc) is 2.82. The number of rotatable bonds is 6. The standard InChI is InChI=1S/C19H26N3O/c1-3-4-5-9-15-22-18-20-13-10-14-21(18)16(2)19(22,23)17-11-7-6-8-12-17/h6-8,10-14,16,23H,3-5,9,15H2,1-2H3/q+1. The first kappa shape index (κ1) is 15.9. The van der Waals surface area contributed by atoms with Crippen molar-refractivity contribution in [2.24, 2.45) is 0 Å². The molecule has 1 aliphatic rings. The van der Waals surface area contributed by atoms with Crippen LogP contribution in [0.2, 0.25) is 0 Å². The van der Waals surface area contributed by atoms with Crippen LogP contribution in [0.25, 0.3) is 0 Å². The van der Waals surface area contributed by atoms with Gasteiger partial charge in [0.05, 0.1) is 12.7 Å². The number of aliphatic hydroxyl groups is 1. The molecule has 2 aromatic rings. The highest BCUT2D eigenvalue weighted by Gasteiger charge is 2.56. The van der Waals surface area contributed by atoms with E-state index in [0.29, 0.717) is 0 Å². The maximum atomic E-state index is 11.6. The van der Waals surface area contributed by atoms with Gasteiger partial charge in [0.25, 0.3) is 0 Å². The Balaban J connectivity index is 1.96. The number of nitrogens with zero attached hydrogens (tertiary/aromatic N) is 3. The molecule has 0 aliphatic carbocycles. The van der Waals surface area contributed by atoms with Crippen LogP contribution >= 0.6 is 0 Å². The van der Waals surface area contributed by atoms with Crippen molar-refractivity contribution in [1.82, 2.24) is 4.98 Å². The monoisotopic (exact) mass is 312 g/mol. The third-order valence-electron chi connectivity index (χ3n) is 4.84. The van der Waals surface area contributed by atoms with E-state index < -0.39 is 5.72 Å². The number of hydrogen-bond donors (Lipinski definition) is 1. The van der Waals surface area contributed by atoms with Gasteiger partial charge in [-0.3, -0.25) is 0 Å². The van der Waals surface area contributed by atoms with Crippen LogP contribution in [0.5, 0.6) is 0 Å². The number of unbranched alkanes of at least 4 members (excludes halogenated alkanes) is 3. The molecule has 1 aliphatic heterocycles. The van der Waals surface area contributed by atoms with Crippen molar-refractivity contribution in [3.8, 4) is 0 Å². The van der Waals surface area contributed by atoms with Crippen LogP contribution < -0.4 is 9.47 Å². The quantitative estimate of drug-likeness (QED) is 0.658. The van der Waals surface area contributed by atoms with E-state index in [1.165, 1.54) is 19.3 Å². The van der Waals surface area contributed by atoms with E-state index in [1.807, 2.05) is 42.6 Å². The smallest absolute Gasteiger partial charge is 0.353 e. The summed E-state index contributed by atoms with van der Waals surface area (Å²) < 4.78 is 2.08. The Kier molecular flexibility index (Phi) is 4.62. The minimum Gasteiger partial charge on any atom is -0.353 e. The van der Waals surface area contributed by atoms with E-state index in [4.69, 9.17) is 0 Å². The van der Waals surface area contributed by atoms with Gasteiger partial charge in [-0.1, -0.05) is 61.5 Å². The Morgan fingerprint density at radius 1 is 1.17 bits per heavy atom. The van der Waals surface area contributed by atoms with Crippen molar-refractivity contribution in [1.29, 1.82) is 0 Å². The fourth-order valence-electron chi connectivity index (χ4n) is 3.51. The highest BCUT2D eigenvalue weighted by Crippen LogP contribution is 2.41. The number of benzene rings is 1. The Bertz CT molecular complexity index is 646. The largest absolute Gasteiger partial charge is 0.397 e. The van der Waals surface area contributed by atoms with Gasteiger partial charge in [0.2, 0.25) is 5.72 Å². The lowest BCUT2D eigenvalue weighted by Gasteiger charge is -2.31. The molecule has 0 amide bonds. The van der Waals surface area contributed by atoms with E-state index in [0.717, 1.165) is 24.5 Å². The first-order valence-electron chi connectivity index (χ1n) is 8.61. The Morgan fingerprint density at radius 2 is 1.96 bits per heavy atom. The highest BCUT2D eigenvalue weighted by atomic mass is 16.3. The topological polar surface area (TPSA) is 40.2 Å². The van der Waals surface area contributed by atoms with E-state index in [2.05, 4.69) is 28.3 Å². The second kappa shape index (κ2) is 6.67. The molecule has 0 saturated carbocycles. The fourth-order valence-corrected chi connectivity index (χ4v) is 3.51. The second-order valence-electron chi connectivity index (χ2n) is 6.31. The van der Waals surface area contributed by atoms with Gasteiger partial charge in [0.15, 0.2) is 0 Å². The summed E-state index contributed by atoms with van der Waals surface area (Å²) in [6, 6.07) is 11.8. The van der Waals surface area contributed by atoms with Crippen LogP contribution in [-0.2, 0) is 5.72 Å². The molecule has 1 aromatic heterocycles. The zero-order valence-electron chi connectivity index (χ0n) is 14.0. The number of anilines is 1. The summed E-state index contributed by atoms with van der Waals surface area (Å²) in [7, 11) is 0. The van der Waals surface area contributed by atoms with Gasteiger partial charge in [-0.25, -0.2) is 9.47 Å². The molecule has 23 heavy (non-hydrogen) atoms. The fraction of sp³-hybridized carbons (Fsp3) is 0.474. The van der Waals surface area contributed by atoms with Crippen molar-refractivity contribution in [3.63, 3.8) is 0 Å². The van der Waals surface area contributed by atoms with Gasteiger partial charge in [-0.15, -0.1) is 0 Å². The Morgan fingerprint density at radius 3 is 2.70 bits per heavy atom. The zero-order valence-corrected chi connectivity index (χ0v) is 14.0. The number of aromatic nitrogens is 2. The summed E-state index contributed by atoms with van der Waals surface area (Å²) in [5.41, 5.74) is -0.122. The third kappa shape index (κ3) is 2.72. The molecular weight excluding hydrogens is 286 g/mol. The molecule has 3 rings (SSSR count). The predicted octanol–water partition coefficient (Wildman–Crippen LogP) is 3.18. The zero-order chi connectivity index (χ0) is 16.3. The summed E-state index contributed by atoms with van der Waals surface area (Å²) in [6.07, 6.45) is 8.49. The number of fused-ring (bicyclic) bond motifs is 1. The molecule has 2 heterocycles. The first-order valence-corrected chi connectivity index (χ1v) is 8.61. The summed E-state index contributed by atoms with van der Waals surface area (Å²) >= 11 is 0. The van der Waals surface area contributed by atoms with Crippen molar-refractivity contribution < 1.29 is 9.67 Å². The molecule has 1 N–H and O–H groups in total. The maximum Gasteiger partial charge on any atom is 0.397 e. The van der Waals surface area contributed by atoms with E-state index in [9.17, 15) is 5.11 Å². The van der Waals surface area contributed by atoms with Gasteiger partial charge in [0, 0.05) is 11.6 Å². The van der Waals surface area contributed by atoms with Crippen LogP contribution in [0.3, 0.4) is 0 Å². The minimum absolute atomic E-state index is 0.0835. The van der Waals surface area contributed by atoms with Gasteiger partial charge in [-0.2, -0.15) is 0 Å². The molecule has 4 nitrogen and oxygen atoms in total. The summed E-state index contributed by atoms with van der Waals surface area (Å²) in [6.45, 7) is 5.09. The first-order chi connectivity index (χ1) is 11.2. The lowest BCUT2D eigenvalue weighted by atomic mass is 9.95. The lowest BCUT2D eigenvalue weighted by Crippen LogP contribution is -2.48. The van der Waals surface area contributed by atoms with E-state index >= 15 is 0 Å². The van der Waals surface area contributed by atoms with E-state index in [1.54, 1.807) is 6.20 Å². The third-order valence-corrected chi connectivity index (χ3v) is 4.84. The van der Waals surface area contributed by atoms with Crippen LogP contribution in [0.15, 0.2) is 48.8 Å². The van der Waals surface area contributed by atoms with Crippen LogP contribution in [0.1, 0.15) is 51.1 Å².